The number of nitrogens with one attached hydrogen (secondary N) is 1. The Kier molecular flexibility index (Phi) is 7.76. The van der Waals surface area contributed by atoms with Gasteiger partial charge in [-0.1, -0.05) is 57.2 Å². The zero-order valence-corrected chi connectivity index (χ0v) is 16.3. The predicted octanol–water partition coefficient (Wildman–Crippen LogP) is 4.18. The Hall–Kier alpha value is -2.44. The van der Waals surface area contributed by atoms with E-state index in [2.05, 4.69) is 10.3 Å². The van der Waals surface area contributed by atoms with E-state index in [0.717, 1.165) is 11.1 Å². The van der Waals surface area contributed by atoms with Crippen LogP contribution in [0.5, 0.6) is 0 Å². The van der Waals surface area contributed by atoms with Crippen LogP contribution in [0.25, 0.3) is 0 Å². The molecule has 0 saturated carbocycles. The molecule has 1 amide bonds. The van der Waals surface area contributed by atoms with Crippen molar-refractivity contribution in [2.45, 2.75) is 39.8 Å². The van der Waals surface area contributed by atoms with E-state index in [0.29, 0.717) is 24.6 Å². The predicted molar refractivity (Wildman–Crippen MR) is 104 cm³/mol. The number of carbonyl (C=O) groups excluding carboxylic acids is 1. The van der Waals surface area contributed by atoms with E-state index in [-0.39, 0.29) is 12.0 Å². The van der Waals surface area contributed by atoms with Crippen LogP contribution >= 0.6 is 0 Å². The molecule has 0 aliphatic heterocycles. The van der Waals surface area contributed by atoms with E-state index >= 15 is 0 Å². The highest BCUT2D eigenvalue weighted by molar-refractivity contribution is 5.66. The van der Waals surface area contributed by atoms with Crippen LogP contribution in [0.15, 0.2) is 54.9 Å². The fourth-order valence-corrected chi connectivity index (χ4v) is 2.71. The summed E-state index contributed by atoms with van der Waals surface area (Å²) in [5, 5.41) is 13.9. The Morgan fingerprint density at radius 1 is 1.22 bits per heavy atom. The summed E-state index contributed by atoms with van der Waals surface area (Å²) in [6.45, 7) is 7.57. The van der Waals surface area contributed by atoms with Crippen molar-refractivity contribution in [1.82, 2.24) is 15.4 Å². The number of aromatic nitrogens is 1. The van der Waals surface area contributed by atoms with Crippen molar-refractivity contribution < 1.29 is 14.7 Å². The molecule has 6 heteroatoms. The summed E-state index contributed by atoms with van der Waals surface area (Å²) < 4.78 is 5.60. The number of ether oxygens (including phenoxy) is 1. The Bertz CT molecular complexity index is 687. The summed E-state index contributed by atoms with van der Waals surface area (Å²) >= 11 is 0. The molecule has 0 fully saturated rings. The van der Waals surface area contributed by atoms with Gasteiger partial charge in [-0.2, -0.15) is 5.06 Å². The second kappa shape index (κ2) is 10.0. The number of carbonyl (C=O) groups is 1. The molecule has 2 rings (SSSR count). The van der Waals surface area contributed by atoms with Crippen molar-refractivity contribution in [3.63, 3.8) is 0 Å². The molecule has 1 heterocycles. The maximum Gasteiger partial charge on any atom is 0.434 e. The Morgan fingerprint density at radius 2 is 1.96 bits per heavy atom. The normalized spacial score (nSPS) is 12.4. The third-order valence-electron chi connectivity index (χ3n) is 4.09. The number of amides is 1. The van der Waals surface area contributed by atoms with Gasteiger partial charge in [0.25, 0.3) is 0 Å². The van der Waals surface area contributed by atoms with Crippen LogP contribution in [0.4, 0.5) is 4.79 Å². The lowest BCUT2D eigenvalue weighted by Gasteiger charge is -2.31. The molecular weight excluding hydrogens is 342 g/mol. The average molecular weight is 371 g/mol. The van der Waals surface area contributed by atoms with E-state index < -0.39 is 12.2 Å². The van der Waals surface area contributed by atoms with Crippen molar-refractivity contribution in [3.8, 4) is 0 Å². The van der Waals surface area contributed by atoms with Gasteiger partial charge in [-0.25, -0.2) is 4.79 Å². The van der Waals surface area contributed by atoms with Gasteiger partial charge in [0.1, 0.15) is 6.10 Å². The van der Waals surface area contributed by atoms with Crippen molar-refractivity contribution in [2.24, 2.45) is 5.41 Å². The van der Waals surface area contributed by atoms with E-state index in [1.807, 2.05) is 63.2 Å². The molecule has 0 aliphatic carbocycles. The molecule has 1 aromatic carbocycles. The lowest BCUT2D eigenvalue weighted by Crippen LogP contribution is -2.34. The molecule has 1 atom stereocenters. The number of nitrogens with zero attached hydrogens (tertiary/aromatic N) is 2. The smallest absolute Gasteiger partial charge is 0.434 e. The fraction of sp³-hybridized carbons (Fsp3) is 0.429. The summed E-state index contributed by atoms with van der Waals surface area (Å²) in [5.74, 6) is 0. The van der Waals surface area contributed by atoms with Gasteiger partial charge in [0.15, 0.2) is 0 Å². The van der Waals surface area contributed by atoms with Gasteiger partial charge in [0.05, 0.1) is 6.54 Å². The van der Waals surface area contributed by atoms with Crippen molar-refractivity contribution in [3.05, 3.63) is 66.0 Å². The van der Waals surface area contributed by atoms with E-state index in [1.54, 1.807) is 12.4 Å². The zero-order valence-electron chi connectivity index (χ0n) is 16.3. The Morgan fingerprint density at radius 3 is 2.59 bits per heavy atom. The highest BCUT2D eigenvalue weighted by Crippen LogP contribution is 2.36. The first kappa shape index (κ1) is 20.9. The highest BCUT2D eigenvalue weighted by atomic mass is 16.6. The number of benzene rings is 1. The lowest BCUT2D eigenvalue weighted by atomic mass is 9.84. The molecule has 2 N–H and O–H groups in total. The molecule has 146 valence electrons. The first-order chi connectivity index (χ1) is 12.9. The first-order valence-electron chi connectivity index (χ1n) is 9.19. The van der Waals surface area contributed by atoms with E-state index in [1.165, 1.54) is 0 Å². The molecule has 0 bridgehead atoms. The van der Waals surface area contributed by atoms with Gasteiger partial charge in [-0.05, 0) is 30.2 Å². The SMILES string of the molecule is CC(C)(C)C(OC(=O)N(O)CCCNCc1cccnc1)c1ccccc1. The molecule has 0 spiro atoms. The van der Waals surface area contributed by atoms with Crippen LogP contribution in [0.3, 0.4) is 0 Å². The average Bonchev–Trinajstić information content (AvgIpc) is 2.66. The monoisotopic (exact) mass is 371 g/mol. The quantitative estimate of drug-likeness (QED) is 0.414. The minimum atomic E-state index is -0.731. The molecule has 1 aromatic heterocycles. The lowest BCUT2D eigenvalue weighted by molar-refractivity contribution is -0.0959. The highest BCUT2D eigenvalue weighted by Gasteiger charge is 2.31. The maximum atomic E-state index is 12.3. The second-order valence-corrected chi connectivity index (χ2v) is 7.56. The molecule has 0 saturated heterocycles. The number of rotatable bonds is 8. The molecule has 6 nitrogen and oxygen atoms in total. The van der Waals surface area contributed by atoms with Crippen molar-refractivity contribution in [2.75, 3.05) is 13.1 Å². The number of hydroxylamine groups is 2. The van der Waals surface area contributed by atoms with Gasteiger partial charge in [0, 0.05) is 24.4 Å². The largest absolute Gasteiger partial charge is 0.439 e. The standard InChI is InChI=1S/C21H29N3O3/c1-21(2,3)19(18-10-5-4-6-11-18)27-20(25)24(26)14-8-13-23-16-17-9-7-12-22-15-17/h4-7,9-12,15,19,23,26H,8,13-14,16H2,1-3H3. The Labute approximate surface area is 161 Å². The van der Waals surface area contributed by atoms with Crippen LogP contribution in [0, 0.1) is 5.41 Å². The molecule has 27 heavy (non-hydrogen) atoms. The Balaban J connectivity index is 1.78. The van der Waals surface area contributed by atoms with Crippen LogP contribution in [0.1, 0.15) is 44.4 Å². The molecule has 0 radical (unpaired) electrons. The van der Waals surface area contributed by atoms with Gasteiger partial charge >= 0.3 is 6.09 Å². The van der Waals surface area contributed by atoms with Crippen LogP contribution in [0.2, 0.25) is 0 Å². The van der Waals surface area contributed by atoms with Gasteiger partial charge in [-0.15, -0.1) is 0 Å². The molecular formula is C21H29N3O3. The summed E-state index contributed by atoms with van der Waals surface area (Å²) in [5.41, 5.74) is 1.71. The van der Waals surface area contributed by atoms with Crippen molar-refractivity contribution in [1.29, 1.82) is 0 Å². The fourth-order valence-electron chi connectivity index (χ4n) is 2.71. The minimum absolute atomic E-state index is 0.199. The maximum absolute atomic E-state index is 12.3. The van der Waals surface area contributed by atoms with Gasteiger partial charge < -0.3 is 10.1 Å². The summed E-state index contributed by atoms with van der Waals surface area (Å²) in [6.07, 6.45) is 2.98. The van der Waals surface area contributed by atoms with Gasteiger partial charge in [-0.3, -0.25) is 10.2 Å². The molecule has 0 aliphatic rings. The first-order valence-corrected chi connectivity index (χ1v) is 9.19. The second-order valence-electron chi connectivity index (χ2n) is 7.56. The van der Waals surface area contributed by atoms with Gasteiger partial charge in [0.2, 0.25) is 0 Å². The topological polar surface area (TPSA) is 74.7 Å². The van der Waals surface area contributed by atoms with E-state index in [4.69, 9.17) is 4.74 Å². The third kappa shape index (κ3) is 7.00. The number of pyridine rings is 1. The molecule has 2 aromatic rings. The minimum Gasteiger partial charge on any atom is -0.439 e. The van der Waals surface area contributed by atoms with Crippen LogP contribution < -0.4 is 5.32 Å². The number of hydrogen-bond donors (Lipinski definition) is 2. The van der Waals surface area contributed by atoms with Crippen LogP contribution in [-0.2, 0) is 11.3 Å². The summed E-state index contributed by atoms with van der Waals surface area (Å²) in [6, 6.07) is 13.5. The number of hydrogen-bond acceptors (Lipinski definition) is 5. The third-order valence-corrected chi connectivity index (χ3v) is 4.09. The van der Waals surface area contributed by atoms with E-state index in [9.17, 15) is 10.0 Å². The summed E-state index contributed by atoms with van der Waals surface area (Å²) in [4.78, 5) is 16.3. The summed E-state index contributed by atoms with van der Waals surface area (Å²) in [7, 11) is 0. The zero-order chi connectivity index (χ0) is 19.7. The molecule has 1 unspecified atom stereocenters. The van der Waals surface area contributed by atoms with Crippen molar-refractivity contribution >= 4 is 6.09 Å². The van der Waals surface area contributed by atoms with Crippen LogP contribution in [-0.4, -0.2) is 34.4 Å².